The summed E-state index contributed by atoms with van der Waals surface area (Å²) in [6, 6.07) is 11.6. The number of aryl methyl sites for hydroxylation is 1. The molecule has 1 aliphatic heterocycles. The largest absolute Gasteiger partial charge is 0.379 e. The van der Waals surface area contributed by atoms with Gasteiger partial charge >= 0.3 is 0 Å². The average Bonchev–Trinajstić information content (AvgIpc) is 3.31. The number of aromatic nitrogens is 2. The third-order valence-electron chi connectivity index (χ3n) is 7.79. The highest BCUT2D eigenvalue weighted by Crippen LogP contribution is 2.29. The zero-order chi connectivity index (χ0) is 28.6. The first kappa shape index (κ1) is 29.9. The number of ether oxygens (including phenoxy) is 1. The number of fused-ring (bicyclic) bond motifs is 1. The molecule has 7 nitrogen and oxygen atoms in total. The fraction of sp³-hybridized carbons (Fsp3) is 0.545. The van der Waals surface area contributed by atoms with Gasteiger partial charge in [-0.3, -0.25) is 14.5 Å². The van der Waals surface area contributed by atoms with Gasteiger partial charge in [-0.15, -0.1) is 0 Å². The summed E-state index contributed by atoms with van der Waals surface area (Å²) in [4.78, 5) is 30.1. The third-order valence-corrected chi connectivity index (χ3v) is 7.79. The molecule has 216 valence electrons. The van der Waals surface area contributed by atoms with Gasteiger partial charge < -0.3 is 9.64 Å². The molecule has 7 heteroatoms. The summed E-state index contributed by atoms with van der Waals surface area (Å²) in [5.74, 6) is 1.23. The van der Waals surface area contributed by atoms with Gasteiger partial charge in [0.2, 0.25) is 0 Å². The molecule has 3 aromatic rings. The summed E-state index contributed by atoms with van der Waals surface area (Å²) in [7, 11) is 0. The van der Waals surface area contributed by atoms with Crippen molar-refractivity contribution in [2.75, 3.05) is 45.9 Å². The summed E-state index contributed by atoms with van der Waals surface area (Å²) >= 11 is 0. The van der Waals surface area contributed by atoms with E-state index >= 15 is 0 Å². The zero-order valence-electron chi connectivity index (χ0n) is 25.0. The molecule has 1 fully saturated rings. The van der Waals surface area contributed by atoms with Crippen molar-refractivity contribution >= 4 is 17.2 Å². The van der Waals surface area contributed by atoms with Gasteiger partial charge in [0.25, 0.3) is 5.91 Å². The van der Waals surface area contributed by atoms with Gasteiger partial charge in [0.15, 0.2) is 5.78 Å². The third kappa shape index (κ3) is 7.79. The van der Waals surface area contributed by atoms with E-state index in [2.05, 4.69) is 32.6 Å². The summed E-state index contributed by atoms with van der Waals surface area (Å²) in [5.41, 5.74) is 5.43. The molecule has 1 amide bonds. The number of rotatable bonds is 13. The van der Waals surface area contributed by atoms with Crippen LogP contribution in [0.5, 0.6) is 0 Å². The van der Waals surface area contributed by atoms with Crippen LogP contribution >= 0.6 is 0 Å². The summed E-state index contributed by atoms with van der Waals surface area (Å²) in [6.45, 7) is 16.5. The number of nitrogens with zero attached hydrogens (tertiary/aromatic N) is 4. The Labute approximate surface area is 239 Å². The maximum Gasteiger partial charge on any atom is 0.253 e. The Morgan fingerprint density at radius 2 is 1.60 bits per heavy atom. The zero-order valence-corrected chi connectivity index (χ0v) is 25.0. The first-order valence-electron chi connectivity index (χ1n) is 14.9. The van der Waals surface area contributed by atoms with Crippen molar-refractivity contribution in [3.63, 3.8) is 0 Å². The van der Waals surface area contributed by atoms with E-state index in [0.29, 0.717) is 23.0 Å². The number of ketones is 1. The topological polar surface area (TPSA) is 67.2 Å². The molecule has 40 heavy (non-hydrogen) atoms. The van der Waals surface area contributed by atoms with E-state index in [1.807, 2.05) is 52.0 Å². The van der Waals surface area contributed by atoms with Crippen molar-refractivity contribution < 1.29 is 14.3 Å². The molecule has 0 atom stereocenters. The predicted molar refractivity (Wildman–Crippen MR) is 161 cm³/mol. The van der Waals surface area contributed by atoms with E-state index < -0.39 is 0 Å². The second-order valence-corrected chi connectivity index (χ2v) is 11.9. The lowest BCUT2D eigenvalue weighted by Gasteiger charge is -2.26. The van der Waals surface area contributed by atoms with E-state index in [9.17, 15) is 9.59 Å². The number of hydrogen-bond donors (Lipinski definition) is 0. The molecule has 0 spiro atoms. The van der Waals surface area contributed by atoms with Gasteiger partial charge in [-0.05, 0) is 63.1 Å². The number of hydrogen-bond acceptors (Lipinski definition) is 5. The van der Waals surface area contributed by atoms with Crippen LogP contribution in [0.1, 0.15) is 80.2 Å². The average molecular weight is 547 g/mol. The molecule has 0 bridgehead atoms. The van der Waals surface area contributed by atoms with Crippen LogP contribution in [-0.4, -0.2) is 77.0 Å². The molecule has 0 aliphatic carbocycles. The van der Waals surface area contributed by atoms with Gasteiger partial charge in [0, 0.05) is 54.6 Å². The Hall–Kier alpha value is -3.03. The quantitative estimate of drug-likeness (QED) is 0.246. The fourth-order valence-electron chi connectivity index (χ4n) is 5.20. The van der Waals surface area contributed by atoms with E-state index in [-0.39, 0.29) is 11.7 Å². The summed E-state index contributed by atoms with van der Waals surface area (Å²) < 4.78 is 7.42. The van der Waals surface area contributed by atoms with Crippen LogP contribution < -0.4 is 0 Å². The number of pyridine rings is 1. The maximum absolute atomic E-state index is 13.8. The van der Waals surface area contributed by atoms with Crippen LogP contribution in [0, 0.1) is 11.8 Å². The SMILES string of the molecule is CC(=O)c1ccc(-c2nn3ccc(C(=O)N(CCC(C)C)CCC(C)C)cc3c2CCCN2CCOCC2)cc1. The maximum atomic E-state index is 13.8. The van der Waals surface area contributed by atoms with Crippen LogP contribution in [0.4, 0.5) is 0 Å². The van der Waals surface area contributed by atoms with Crippen LogP contribution in [0.2, 0.25) is 0 Å². The van der Waals surface area contributed by atoms with E-state index in [4.69, 9.17) is 9.84 Å². The lowest BCUT2D eigenvalue weighted by molar-refractivity contribution is 0.0375. The van der Waals surface area contributed by atoms with Gasteiger partial charge in [0.05, 0.1) is 24.4 Å². The molecule has 3 heterocycles. The van der Waals surface area contributed by atoms with Gasteiger partial charge in [-0.2, -0.15) is 5.10 Å². The molecule has 0 saturated carbocycles. The molecule has 2 aromatic heterocycles. The van der Waals surface area contributed by atoms with E-state index in [1.165, 1.54) is 0 Å². The fourth-order valence-corrected chi connectivity index (χ4v) is 5.20. The Morgan fingerprint density at radius 1 is 0.950 bits per heavy atom. The van der Waals surface area contributed by atoms with E-state index in [1.54, 1.807) is 6.92 Å². The summed E-state index contributed by atoms with van der Waals surface area (Å²) in [6.07, 6.45) is 5.75. The van der Waals surface area contributed by atoms with Crippen LogP contribution in [0.15, 0.2) is 42.6 Å². The molecule has 0 radical (unpaired) electrons. The Bertz CT molecular complexity index is 1260. The van der Waals surface area contributed by atoms with Crippen molar-refractivity contribution in [1.82, 2.24) is 19.4 Å². The first-order chi connectivity index (χ1) is 19.2. The first-order valence-corrected chi connectivity index (χ1v) is 14.9. The molecular formula is C33H46N4O3. The number of benzene rings is 1. The number of carbonyl (C=O) groups excluding carboxylic acids is 2. The highest BCUT2D eigenvalue weighted by molar-refractivity contribution is 5.96. The molecule has 0 N–H and O–H groups in total. The Kier molecular flexibility index (Phi) is 10.5. The minimum absolute atomic E-state index is 0.0509. The van der Waals surface area contributed by atoms with Crippen molar-refractivity contribution in [3.8, 4) is 11.3 Å². The number of carbonyl (C=O) groups is 2. The van der Waals surface area contributed by atoms with Crippen molar-refractivity contribution in [3.05, 3.63) is 59.3 Å². The normalized spacial score (nSPS) is 14.4. The van der Waals surface area contributed by atoms with E-state index in [0.717, 1.165) is 94.0 Å². The highest BCUT2D eigenvalue weighted by atomic mass is 16.5. The van der Waals surface area contributed by atoms with Crippen molar-refractivity contribution in [2.24, 2.45) is 11.8 Å². The molecular weight excluding hydrogens is 500 g/mol. The van der Waals surface area contributed by atoms with Gasteiger partial charge in [-0.1, -0.05) is 52.0 Å². The number of amides is 1. The Balaban J connectivity index is 1.66. The number of Topliss-reactive ketones (excluding diaryl/α,β-unsaturated/α-hetero) is 1. The molecule has 4 rings (SSSR count). The minimum atomic E-state index is 0.0509. The molecule has 1 aliphatic rings. The second-order valence-electron chi connectivity index (χ2n) is 11.9. The highest BCUT2D eigenvalue weighted by Gasteiger charge is 2.21. The van der Waals surface area contributed by atoms with Crippen molar-refractivity contribution in [2.45, 2.75) is 60.3 Å². The van der Waals surface area contributed by atoms with Crippen LogP contribution in [0.3, 0.4) is 0 Å². The predicted octanol–water partition coefficient (Wildman–Crippen LogP) is 6.00. The molecule has 1 saturated heterocycles. The second kappa shape index (κ2) is 14.0. The summed E-state index contributed by atoms with van der Waals surface area (Å²) in [5, 5.41) is 4.96. The monoisotopic (exact) mass is 546 g/mol. The number of morpholine rings is 1. The van der Waals surface area contributed by atoms with Gasteiger partial charge in [-0.25, -0.2) is 4.52 Å². The van der Waals surface area contributed by atoms with Crippen LogP contribution in [0.25, 0.3) is 16.8 Å². The molecule has 1 aromatic carbocycles. The standard InChI is InChI=1S/C33H46N4O3/c1-24(2)12-16-36(17-13-25(3)4)33(39)29-14-18-37-31(23-29)30(7-6-15-35-19-21-40-22-20-35)32(34-37)28-10-8-27(9-11-28)26(5)38/h8-11,14,18,23-25H,6-7,12-13,15-17,19-22H2,1-5H3. The lowest BCUT2D eigenvalue weighted by Crippen LogP contribution is -2.36. The van der Waals surface area contributed by atoms with Crippen molar-refractivity contribution in [1.29, 1.82) is 0 Å². The lowest BCUT2D eigenvalue weighted by atomic mass is 10.00. The molecule has 0 unspecified atom stereocenters. The smallest absolute Gasteiger partial charge is 0.253 e. The van der Waals surface area contributed by atoms with Crippen LogP contribution in [-0.2, 0) is 11.2 Å². The minimum Gasteiger partial charge on any atom is -0.379 e. The Morgan fingerprint density at radius 3 is 2.20 bits per heavy atom. The van der Waals surface area contributed by atoms with Gasteiger partial charge in [0.1, 0.15) is 0 Å².